The summed E-state index contributed by atoms with van der Waals surface area (Å²) in [6.07, 6.45) is 5.82. The normalized spacial score (nSPS) is 26.9. The van der Waals surface area contributed by atoms with E-state index in [2.05, 4.69) is 24.3 Å². The molecule has 0 N–H and O–H groups in total. The Morgan fingerprint density at radius 1 is 0.828 bits per heavy atom. The van der Waals surface area contributed by atoms with Crippen LogP contribution in [0, 0.1) is 11.8 Å². The van der Waals surface area contributed by atoms with Gasteiger partial charge in [0.2, 0.25) is 0 Å². The number of halogens is 2. The molecule has 3 aliphatic carbocycles. The van der Waals surface area contributed by atoms with Crippen LogP contribution in [0.4, 0.5) is 0 Å². The largest absolute Gasteiger partial charge is 0.496 e. The van der Waals surface area contributed by atoms with E-state index in [0.717, 1.165) is 48.2 Å². The minimum Gasteiger partial charge on any atom is -0.496 e. The molecule has 4 unspecified atom stereocenters. The number of hydrogen-bond donors (Lipinski definition) is 0. The molecule has 4 heteroatoms. The van der Waals surface area contributed by atoms with Gasteiger partial charge in [0, 0.05) is 11.4 Å². The Labute approximate surface area is 183 Å². The average Bonchev–Trinajstić information content (AvgIpc) is 2.74. The van der Waals surface area contributed by atoms with Crippen molar-refractivity contribution >= 4 is 23.2 Å². The molecule has 3 aliphatic rings. The third-order valence-electron chi connectivity index (χ3n) is 7.62. The number of rotatable bonds is 4. The van der Waals surface area contributed by atoms with E-state index in [-0.39, 0.29) is 0 Å². The highest BCUT2D eigenvalue weighted by molar-refractivity contribution is 6.17. The van der Waals surface area contributed by atoms with Gasteiger partial charge in [-0.3, -0.25) is 0 Å². The Bertz CT molecular complexity index is 939. The van der Waals surface area contributed by atoms with Crippen molar-refractivity contribution in [1.29, 1.82) is 0 Å². The lowest BCUT2D eigenvalue weighted by molar-refractivity contribution is -0.0133. The van der Waals surface area contributed by atoms with Crippen molar-refractivity contribution in [3.05, 3.63) is 57.6 Å². The van der Waals surface area contributed by atoms with Gasteiger partial charge in [0.1, 0.15) is 11.5 Å². The first-order valence-electron chi connectivity index (χ1n) is 10.7. The van der Waals surface area contributed by atoms with Crippen LogP contribution in [0.15, 0.2) is 24.3 Å². The van der Waals surface area contributed by atoms with Crippen LogP contribution in [0.3, 0.4) is 0 Å². The highest BCUT2D eigenvalue weighted by atomic mass is 35.5. The number of benzene rings is 2. The van der Waals surface area contributed by atoms with E-state index in [1.165, 1.54) is 40.7 Å². The first-order valence-corrected chi connectivity index (χ1v) is 11.8. The van der Waals surface area contributed by atoms with Crippen molar-refractivity contribution in [2.75, 3.05) is 14.2 Å². The molecule has 0 saturated heterocycles. The van der Waals surface area contributed by atoms with Crippen molar-refractivity contribution < 1.29 is 9.47 Å². The zero-order chi connectivity index (χ0) is 20.1. The topological polar surface area (TPSA) is 18.5 Å². The second-order valence-corrected chi connectivity index (χ2v) is 9.35. The molecule has 29 heavy (non-hydrogen) atoms. The maximum atomic E-state index is 6.35. The summed E-state index contributed by atoms with van der Waals surface area (Å²) in [5.74, 6) is 5.47. The summed E-state index contributed by atoms with van der Waals surface area (Å²) in [5.41, 5.74) is 7.83. The zero-order valence-corrected chi connectivity index (χ0v) is 18.7. The molecular formula is C25H28Cl2O2. The predicted octanol–water partition coefficient (Wildman–Crippen LogP) is 6.58. The van der Waals surface area contributed by atoms with Crippen LogP contribution >= 0.6 is 23.2 Å². The number of alkyl halides is 2. The Morgan fingerprint density at radius 2 is 1.55 bits per heavy atom. The van der Waals surface area contributed by atoms with Gasteiger partial charge in [0.25, 0.3) is 0 Å². The monoisotopic (exact) mass is 430 g/mol. The molecule has 2 saturated carbocycles. The molecule has 4 atom stereocenters. The van der Waals surface area contributed by atoms with Crippen LogP contribution in [-0.4, -0.2) is 14.2 Å². The Hall–Kier alpha value is -1.38. The molecule has 4 bridgehead atoms. The van der Waals surface area contributed by atoms with Crippen molar-refractivity contribution in [3.63, 3.8) is 0 Å². The summed E-state index contributed by atoms with van der Waals surface area (Å²) in [4.78, 5) is 0. The molecule has 0 radical (unpaired) electrons. The van der Waals surface area contributed by atoms with E-state index in [1.54, 1.807) is 14.2 Å². The summed E-state index contributed by atoms with van der Waals surface area (Å²) < 4.78 is 11.8. The molecule has 2 aromatic rings. The van der Waals surface area contributed by atoms with Crippen LogP contribution in [0.1, 0.15) is 64.5 Å². The average molecular weight is 431 g/mol. The fraction of sp³-hybridized carbons (Fsp3) is 0.520. The maximum absolute atomic E-state index is 6.35. The number of ether oxygens (including phenoxy) is 2. The van der Waals surface area contributed by atoms with E-state index < -0.39 is 0 Å². The molecule has 2 nitrogen and oxygen atoms in total. The standard InChI is InChI=1S/C25H28Cl2O2/c1-28-22-11-16(12-26)15-5-3-4-14-8-17(13-27)25(29-2)21(9-14)24-19-7-6-18(19)23(24)20(22)10-15/h8-11,18-19,23-24H,3-7,12-13H2,1-2H3. The zero-order valence-electron chi connectivity index (χ0n) is 17.1. The number of methoxy groups -OCH3 is 2. The molecule has 0 amide bonds. The van der Waals surface area contributed by atoms with Gasteiger partial charge in [-0.1, -0.05) is 18.2 Å². The molecule has 5 rings (SSSR count). The third-order valence-corrected chi connectivity index (χ3v) is 8.20. The minimum absolute atomic E-state index is 0.479. The summed E-state index contributed by atoms with van der Waals surface area (Å²) in [6.45, 7) is 0. The highest BCUT2D eigenvalue weighted by Crippen LogP contribution is 2.69. The molecule has 0 aliphatic heterocycles. The lowest BCUT2D eigenvalue weighted by Gasteiger charge is -2.60. The Morgan fingerprint density at radius 3 is 2.17 bits per heavy atom. The highest BCUT2D eigenvalue weighted by Gasteiger charge is 2.57. The molecule has 154 valence electrons. The smallest absolute Gasteiger partial charge is 0.126 e. The van der Waals surface area contributed by atoms with Crippen molar-refractivity contribution in [2.45, 2.75) is 55.7 Å². The first kappa shape index (κ1) is 19.6. The second kappa shape index (κ2) is 7.71. The molecule has 0 spiro atoms. The lowest BCUT2D eigenvalue weighted by atomic mass is 9.44. The van der Waals surface area contributed by atoms with Gasteiger partial charge in [-0.2, -0.15) is 0 Å². The van der Waals surface area contributed by atoms with Gasteiger partial charge >= 0.3 is 0 Å². The maximum Gasteiger partial charge on any atom is 0.126 e. The van der Waals surface area contributed by atoms with Gasteiger partial charge in [-0.25, -0.2) is 0 Å². The van der Waals surface area contributed by atoms with Gasteiger partial charge in [-0.05, 0) is 89.7 Å². The second-order valence-electron chi connectivity index (χ2n) is 8.82. The van der Waals surface area contributed by atoms with Crippen LogP contribution in [0.25, 0.3) is 0 Å². The summed E-state index contributed by atoms with van der Waals surface area (Å²) in [7, 11) is 3.57. The van der Waals surface area contributed by atoms with Crippen molar-refractivity contribution in [3.8, 4) is 11.5 Å². The van der Waals surface area contributed by atoms with Crippen LogP contribution < -0.4 is 9.47 Å². The van der Waals surface area contributed by atoms with Gasteiger partial charge in [0.05, 0.1) is 20.1 Å². The summed E-state index contributed by atoms with van der Waals surface area (Å²) in [5, 5.41) is 0. The van der Waals surface area contributed by atoms with E-state index in [9.17, 15) is 0 Å². The lowest BCUT2D eigenvalue weighted by Crippen LogP contribution is -2.50. The van der Waals surface area contributed by atoms with E-state index >= 15 is 0 Å². The molecule has 0 aromatic heterocycles. The van der Waals surface area contributed by atoms with Gasteiger partial charge in [-0.15, -0.1) is 23.2 Å². The van der Waals surface area contributed by atoms with E-state index in [1.807, 2.05) is 0 Å². The van der Waals surface area contributed by atoms with E-state index in [0.29, 0.717) is 23.6 Å². The predicted molar refractivity (Wildman–Crippen MR) is 119 cm³/mol. The summed E-state index contributed by atoms with van der Waals surface area (Å²) >= 11 is 12.7. The first-order chi connectivity index (χ1) is 14.2. The van der Waals surface area contributed by atoms with Gasteiger partial charge in [0.15, 0.2) is 0 Å². The van der Waals surface area contributed by atoms with Crippen LogP contribution in [0.2, 0.25) is 0 Å². The fourth-order valence-electron chi connectivity index (χ4n) is 6.16. The number of aryl methyl sites for hydroxylation is 2. The van der Waals surface area contributed by atoms with Crippen molar-refractivity contribution in [2.24, 2.45) is 11.8 Å². The molecule has 0 heterocycles. The quantitative estimate of drug-likeness (QED) is 0.510. The van der Waals surface area contributed by atoms with Crippen molar-refractivity contribution in [1.82, 2.24) is 0 Å². The fourth-order valence-corrected chi connectivity index (χ4v) is 6.61. The minimum atomic E-state index is 0.479. The SMILES string of the molecule is COc1cc(CCl)c2cc1C1C3CCC3C1c1cc(cc(CCl)c1OC)CCC2. The van der Waals surface area contributed by atoms with Crippen LogP contribution in [-0.2, 0) is 24.6 Å². The molecular weight excluding hydrogens is 403 g/mol. The van der Waals surface area contributed by atoms with Gasteiger partial charge < -0.3 is 9.47 Å². The molecule has 2 fully saturated rings. The van der Waals surface area contributed by atoms with Crippen LogP contribution in [0.5, 0.6) is 11.5 Å². The number of hydrogen-bond acceptors (Lipinski definition) is 2. The Kier molecular flexibility index (Phi) is 5.20. The van der Waals surface area contributed by atoms with E-state index in [4.69, 9.17) is 32.7 Å². The Balaban J connectivity index is 1.71. The molecule has 2 aromatic carbocycles. The number of fused-ring (bicyclic) bond motifs is 10. The third kappa shape index (κ3) is 2.98. The summed E-state index contributed by atoms with van der Waals surface area (Å²) in [6, 6.07) is 9.25.